The highest BCUT2D eigenvalue weighted by Crippen LogP contribution is 2.21. The third kappa shape index (κ3) is 4.21. The lowest BCUT2D eigenvalue weighted by atomic mass is 9.95. The SMILES string of the molecule is Cc1cc(NC(=O)C2CCN(Cc3ccc(CO)cc3)CC2)no1. The molecule has 2 N–H and O–H groups in total. The van der Waals surface area contributed by atoms with E-state index in [1.54, 1.807) is 13.0 Å². The van der Waals surface area contributed by atoms with Crippen molar-refractivity contribution in [3.8, 4) is 0 Å². The molecule has 1 aromatic heterocycles. The van der Waals surface area contributed by atoms with Crippen LogP contribution in [0.1, 0.15) is 29.7 Å². The smallest absolute Gasteiger partial charge is 0.228 e. The minimum atomic E-state index is 0.0232. The zero-order valence-electron chi connectivity index (χ0n) is 13.9. The van der Waals surface area contributed by atoms with Crippen LogP contribution in [-0.4, -0.2) is 34.2 Å². The minimum absolute atomic E-state index is 0.0232. The fourth-order valence-corrected chi connectivity index (χ4v) is 3.02. The summed E-state index contributed by atoms with van der Waals surface area (Å²) in [7, 11) is 0. The molecule has 2 aromatic rings. The van der Waals surface area contributed by atoms with Gasteiger partial charge in [0.05, 0.1) is 6.61 Å². The average Bonchev–Trinajstić information content (AvgIpc) is 3.01. The van der Waals surface area contributed by atoms with E-state index in [9.17, 15) is 4.79 Å². The van der Waals surface area contributed by atoms with Gasteiger partial charge in [0.25, 0.3) is 0 Å². The third-order valence-corrected chi connectivity index (χ3v) is 4.45. The van der Waals surface area contributed by atoms with Crippen molar-refractivity contribution in [2.45, 2.75) is 32.9 Å². The summed E-state index contributed by atoms with van der Waals surface area (Å²) < 4.78 is 4.96. The van der Waals surface area contributed by atoms with E-state index in [4.69, 9.17) is 9.63 Å². The maximum Gasteiger partial charge on any atom is 0.228 e. The molecule has 1 fully saturated rings. The van der Waals surface area contributed by atoms with Gasteiger partial charge in [-0.25, -0.2) is 0 Å². The number of nitrogens with one attached hydrogen (secondary N) is 1. The molecule has 6 heteroatoms. The van der Waals surface area contributed by atoms with E-state index in [0.717, 1.165) is 38.0 Å². The van der Waals surface area contributed by atoms with Gasteiger partial charge in [0, 0.05) is 18.5 Å². The second-order valence-electron chi connectivity index (χ2n) is 6.34. The van der Waals surface area contributed by atoms with Crippen molar-refractivity contribution in [2.75, 3.05) is 18.4 Å². The van der Waals surface area contributed by atoms with Gasteiger partial charge in [-0.3, -0.25) is 9.69 Å². The molecule has 0 unspecified atom stereocenters. The largest absolute Gasteiger partial charge is 0.392 e. The summed E-state index contributed by atoms with van der Waals surface area (Å²) >= 11 is 0. The lowest BCUT2D eigenvalue weighted by molar-refractivity contribution is -0.121. The first-order valence-electron chi connectivity index (χ1n) is 8.29. The summed E-state index contributed by atoms with van der Waals surface area (Å²) in [6.07, 6.45) is 1.69. The number of amides is 1. The molecular formula is C18H23N3O3. The van der Waals surface area contributed by atoms with E-state index in [0.29, 0.717) is 11.6 Å². The monoisotopic (exact) mass is 329 g/mol. The first-order valence-corrected chi connectivity index (χ1v) is 8.29. The molecule has 3 rings (SSSR count). The maximum absolute atomic E-state index is 12.3. The van der Waals surface area contributed by atoms with E-state index >= 15 is 0 Å². The van der Waals surface area contributed by atoms with Crippen LogP contribution in [0.15, 0.2) is 34.9 Å². The quantitative estimate of drug-likeness (QED) is 0.880. The van der Waals surface area contributed by atoms with Crippen molar-refractivity contribution in [3.05, 3.63) is 47.2 Å². The number of hydrogen-bond acceptors (Lipinski definition) is 5. The zero-order chi connectivity index (χ0) is 16.9. The summed E-state index contributed by atoms with van der Waals surface area (Å²) in [5.41, 5.74) is 2.16. The van der Waals surface area contributed by atoms with E-state index in [1.807, 2.05) is 12.1 Å². The van der Waals surface area contributed by atoms with Crippen molar-refractivity contribution < 1.29 is 14.4 Å². The number of aryl methyl sites for hydroxylation is 1. The lowest BCUT2D eigenvalue weighted by Gasteiger charge is -2.31. The molecule has 0 radical (unpaired) electrons. The lowest BCUT2D eigenvalue weighted by Crippen LogP contribution is -2.37. The summed E-state index contributed by atoms with van der Waals surface area (Å²) in [5, 5.41) is 15.7. The van der Waals surface area contributed by atoms with Gasteiger partial charge in [-0.05, 0) is 44.0 Å². The molecule has 1 amide bonds. The van der Waals surface area contributed by atoms with Crippen LogP contribution in [0.5, 0.6) is 0 Å². The Hall–Kier alpha value is -2.18. The average molecular weight is 329 g/mol. The highest BCUT2D eigenvalue weighted by Gasteiger charge is 2.25. The van der Waals surface area contributed by atoms with E-state index in [1.165, 1.54) is 5.56 Å². The highest BCUT2D eigenvalue weighted by molar-refractivity contribution is 5.91. The van der Waals surface area contributed by atoms with Gasteiger partial charge in [-0.2, -0.15) is 0 Å². The number of rotatable bonds is 5. The second-order valence-corrected chi connectivity index (χ2v) is 6.34. The fraction of sp³-hybridized carbons (Fsp3) is 0.444. The predicted octanol–water partition coefficient (Wildman–Crippen LogP) is 2.33. The zero-order valence-corrected chi connectivity index (χ0v) is 13.9. The van der Waals surface area contributed by atoms with Gasteiger partial charge >= 0.3 is 0 Å². The van der Waals surface area contributed by atoms with Crippen LogP contribution in [0, 0.1) is 12.8 Å². The molecule has 0 saturated carbocycles. The van der Waals surface area contributed by atoms with Crippen molar-refractivity contribution in [1.29, 1.82) is 0 Å². The minimum Gasteiger partial charge on any atom is -0.392 e. The number of aromatic nitrogens is 1. The van der Waals surface area contributed by atoms with Crippen LogP contribution in [0.25, 0.3) is 0 Å². The first-order chi connectivity index (χ1) is 11.6. The maximum atomic E-state index is 12.3. The topological polar surface area (TPSA) is 78.6 Å². The van der Waals surface area contributed by atoms with Crippen LogP contribution in [-0.2, 0) is 17.9 Å². The Bertz CT molecular complexity index is 673. The number of anilines is 1. The third-order valence-electron chi connectivity index (χ3n) is 4.45. The van der Waals surface area contributed by atoms with Crippen LogP contribution in [0.2, 0.25) is 0 Å². The molecule has 0 atom stereocenters. The number of aliphatic hydroxyl groups excluding tert-OH is 1. The molecule has 2 heterocycles. The molecule has 1 saturated heterocycles. The Labute approximate surface area is 141 Å². The van der Waals surface area contributed by atoms with Gasteiger partial charge in [0.15, 0.2) is 5.82 Å². The number of nitrogens with zero attached hydrogens (tertiary/aromatic N) is 2. The van der Waals surface area contributed by atoms with Gasteiger partial charge in [-0.15, -0.1) is 0 Å². The Morgan fingerprint density at radius 3 is 2.54 bits per heavy atom. The Kier molecular flexibility index (Phi) is 5.27. The highest BCUT2D eigenvalue weighted by atomic mass is 16.5. The van der Waals surface area contributed by atoms with Gasteiger partial charge in [0.1, 0.15) is 5.76 Å². The van der Waals surface area contributed by atoms with E-state index < -0.39 is 0 Å². The van der Waals surface area contributed by atoms with Crippen LogP contribution < -0.4 is 5.32 Å². The van der Waals surface area contributed by atoms with Crippen molar-refractivity contribution in [3.63, 3.8) is 0 Å². The first kappa shape index (κ1) is 16.7. The predicted molar refractivity (Wildman–Crippen MR) is 90.2 cm³/mol. The number of piperidine rings is 1. The molecule has 6 nitrogen and oxygen atoms in total. The summed E-state index contributed by atoms with van der Waals surface area (Å²) in [6.45, 7) is 4.55. The standard InChI is InChI=1S/C18H23N3O3/c1-13-10-17(20-24-13)19-18(23)16-6-8-21(9-7-16)11-14-2-4-15(12-22)5-3-14/h2-5,10,16,22H,6-9,11-12H2,1H3,(H,19,20,23). The molecule has 0 aliphatic carbocycles. The summed E-state index contributed by atoms with van der Waals surface area (Å²) in [5.74, 6) is 1.22. The van der Waals surface area contributed by atoms with Gasteiger partial charge in [0.2, 0.25) is 5.91 Å². The normalized spacial score (nSPS) is 16.2. The number of carbonyl (C=O) groups excluding carboxylic acids is 1. The summed E-state index contributed by atoms with van der Waals surface area (Å²) in [6, 6.07) is 9.74. The Balaban J connectivity index is 1.47. The van der Waals surface area contributed by atoms with Crippen molar-refractivity contribution in [1.82, 2.24) is 10.1 Å². The fourth-order valence-electron chi connectivity index (χ4n) is 3.02. The molecule has 0 bridgehead atoms. The number of benzene rings is 1. The molecule has 24 heavy (non-hydrogen) atoms. The number of likely N-dealkylation sites (tertiary alicyclic amines) is 1. The molecule has 1 aromatic carbocycles. The molecule has 0 spiro atoms. The van der Waals surface area contributed by atoms with Crippen LogP contribution in [0.3, 0.4) is 0 Å². The van der Waals surface area contributed by atoms with Crippen LogP contribution in [0.4, 0.5) is 5.82 Å². The Morgan fingerprint density at radius 2 is 1.96 bits per heavy atom. The molecule has 128 valence electrons. The van der Waals surface area contributed by atoms with E-state index in [2.05, 4.69) is 27.5 Å². The number of hydrogen-bond donors (Lipinski definition) is 2. The van der Waals surface area contributed by atoms with Gasteiger partial charge in [-0.1, -0.05) is 29.4 Å². The van der Waals surface area contributed by atoms with E-state index in [-0.39, 0.29) is 18.4 Å². The van der Waals surface area contributed by atoms with Crippen molar-refractivity contribution >= 4 is 11.7 Å². The second kappa shape index (κ2) is 7.59. The summed E-state index contributed by atoms with van der Waals surface area (Å²) in [4.78, 5) is 14.6. The van der Waals surface area contributed by atoms with Crippen molar-refractivity contribution in [2.24, 2.45) is 5.92 Å². The number of aliphatic hydroxyl groups is 1. The van der Waals surface area contributed by atoms with Gasteiger partial charge < -0.3 is 14.9 Å². The van der Waals surface area contributed by atoms with Crippen LogP contribution >= 0.6 is 0 Å². The molecular weight excluding hydrogens is 306 g/mol. The Morgan fingerprint density at radius 1 is 1.29 bits per heavy atom. The number of carbonyl (C=O) groups is 1. The molecule has 1 aliphatic heterocycles. The molecule has 1 aliphatic rings.